The second-order valence-electron chi connectivity index (χ2n) is 6.92. The molecule has 2 N–H and O–H groups in total. The summed E-state index contributed by atoms with van der Waals surface area (Å²) in [5.41, 5.74) is 2.14. The minimum absolute atomic E-state index is 0.270. The van der Waals surface area contributed by atoms with Crippen molar-refractivity contribution in [1.82, 2.24) is 9.71 Å². The zero-order valence-electron chi connectivity index (χ0n) is 15.4. The van der Waals surface area contributed by atoms with Crippen molar-refractivity contribution in [3.05, 3.63) is 91.1 Å². The lowest BCUT2D eigenvalue weighted by Gasteiger charge is -2.17. The second kappa shape index (κ2) is 7.62. The van der Waals surface area contributed by atoms with E-state index >= 15 is 0 Å². The summed E-state index contributed by atoms with van der Waals surface area (Å²) in [6, 6.07) is 20.7. The SMILES string of the molecule is C=CC[C@@H](Cc1c[nH]c2ccccc12)NS(=O)(=O)c1ccc2ccccc2c1. The topological polar surface area (TPSA) is 62.0 Å². The van der Waals surface area contributed by atoms with E-state index in [9.17, 15) is 8.42 Å². The van der Waals surface area contributed by atoms with Gasteiger partial charge in [-0.1, -0.05) is 54.6 Å². The fourth-order valence-electron chi connectivity index (χ4n) is 3.56. The highest BCUT2D eigenvalue weighted by Crippen LogP contribution is 2.22. The number of rotatable bonds is 7. The summed E-state index contributed by atoms with van der Waals surface area (Å²) in [6.45, 7) is 3.79. The van der Waals surface area contributed by atoms with Gasteiger partial charge in [0.2, 0.25) is 10.0 Å². The first kappa shape index (κ1) is 18.5. The molecule has 0 aliphatic rings. The van der Waals surface area contributed by atoms with Crippen molar-refractivity contribution in [3.8, 4) is 0 Å². The molecule has 0 saturated carbocycles. The standard InChI is InChI=1S/C23H22N2O2S/c1-2-7-20(14-19-16-24-23-11-6-5-10-22(19)23)25-28(26,27)21-13-12-17-8-3-4-9-18(17)15-21/h2-6,8-13,15-16,20,24-25H,1,7,14H2/t20-/m0/s1. The van der Waals surface area contributed by atoms with Gasteiger partial charge in [0, 0.05) is 23.1 Å². The molecule has 0 fully saturated rings. The summed E-state index contributed by atoms with van der Waals surface area (Å²) >= 11 is 0. The molecule has 0 radical (unpaired) electrons. The van der Waals surface area contributed by atoms with Crippen LogP contribution in [0.2, 0.25) is 0 Å². The van der Waals surface area contributed by atoms with Crippen molar-refractivity contribution in [2.45, 2.75) is 23.8 Å². The highest BCUT2D eigenvalue weighted by Gasteiger charge is 2.21. The molecule has 4 aromatic rings. The lowest BCUT2D eigenvalue weighted by molar-refractivity contribution is 0.547. The molecule has 5 heteroatoms. The Morgan fingerprint density at radius 3 is 2.57 bits per heavy atom. The Balaban J connectivity index is 1.61. The van der Waals surface area contributed by atoms with Crippen molar-refractivity contribution in [2.24, 2.45) is 0 Å². The molecule has 0 bridgehead atoms. The lowest BCUT2D eigenvalue weighted by atomic mass is 10.0. The molecule has 1 aromatic heterocycles. The van der Waals surface area contributed by atoms with Gasteiger partial charge < -0.3 is 4.98 Å². The number of hydrogen-bond donors (Lipinski definition) is 2. The Labute approximate surface area is 165 Å². The van der Waals surface area contributed by atoms with Gasteiger partial charge in [-0.3, -0.25) is 0 Å². The lowest BCUT2D eigenvalue weighted by Crippen LogP contribution is -2.36. The molecule has 3 aromatic carbocycles. The van der Waals surface area contributed by atoms with E-state index in [1.165, 1.54) is 0 Å². The molecular formula is C23H22N2O2S. The largest absolute Gasteiger partial charge is 0.361 e. The number of hydrogen-bond acceptors (Lipinski definition) is 2. The molecule has 142 valence electrons. The van der Waals surface area contributed by atoms with E-state index in [0.29, 0.717) is 12.8 Å². The van der Waals surface area contributed by atoms with Crippen LogP contribution in [0.25, 0.3) is 21.7 Å². The van der Waals surface area contributed by atoms with Crippen LogP contribution < -0.4 is 4.72 Å². The molecule has 0 aliphatic heterocycles. The molecular weight excluding hydrogens is 368 g/mol. The van der Waals surface area contributed by atoms with Crippen molar-refractivity contribution < 1.29 is 8.42 Å². The Bertz CT molecular complexity index is 1240. The predicted octanol–water partition coefficient (Wildman–Crippen LogP) is 4.79. The summed E-state index contributed by atoms with van der Waals surface area (Å²) in [5, 5.41) is 3.03. The Hall–Kier alpha value is -2.89. The van der Waals surface area contributed by atoms with Gasteiger partial charge in [-0.05, 0) is 47.4 Å². The molecule has 0 saturated heterocycles. The van der Waals surface area contributed by atoms with Gasteiger partial charge in [0.25, 0.3) is 0 Å². The minimum Gasteiger partial charge on any atom is -0.361 e. The van der Waals surface area contributed by atoms with Crippen molar-refractivity contribution in [1.29, 1.82) is 0 Å². The van der Waals surface area contributed by atoms with Crippen molar-refractivity contribution in [3.63, 3.8) is 0 Å². The zero-order valence-corrected chi connectivity index (χ0v) is 16.2. The number of aromatic amines is 1. The van der Waals surface area contributed by atoms with Crippen LogP contribution in [0.5, 0.6) is 0 Å². The van der Waals surface area contributed by atoms with Gasteiger partial charge in [-0.15, -0.1) is 6.58 Å². The van der Waals surface area contributed by atoms with Gasteiger partial charge >= 0.3 is 0 Å². The number of aromatic nitrogens is 1. The monoisotopic (exact) mass is 390 g/mol. The van der Waals surface area contributed by atoms with Gasteiger partial charge in [0.05, 0.1) is 4.90 Å². The summed E-state index contributed by atoms with van der Waals surface area (Å²) < 4.78 is 28.9. The van der Waals surface area contributed by atoms with E-state index < -0.39 is 10.0 Å². The highest BCUT2D eigenvalue weighted by molar-refractivity contribution is 7.89. The molecule has 0 aliphatic carbocycles. The third-order valence-corrected chi connectivity index (χ3v) is 6.46. The van der Waals surface area contributed by atoms with Crippen LogP contribution in [0.1, 0.15) is 12.0 Å². The summed E-state index contributed by atoms with van der Waals surface area (Å²) in [4.78, 5) is 3.52. The Kier molecular flexibility index (Phi) is 5.03. The fraction of sp³-hybridized carbons (Fsp3) is 0.130. The van der Waals surface area contributed by atoms with Crippen LogP contribution in [0.4, 0.5) is 0 Å². The summed E-state index contributed by atoms with van der Waals surface area (Å²) in [7, 11) is -3.64. The minimum atomic E-state index is -3.64. The number of benzene rings is 3. The van der Waals surface area contributed by atoms with E-state index in [0.717, 1.165) is 27.2 Å². The molecule has 4 nitrogen and oxygen atoms in total. The molecule has 4 rings (SSSR count). The molecule has 0 amide bonds. The third-order valence-electron chi connectivity index (χ3n) is 4.95. The van der Waals surface area contributed by atoms with E-state index in [4.69, 9.17) is 0 Å². The third kappa shape index (κ3) is 3.72. The maximum absolute atomic E-state index is 13.0. The first-order chi connectivity index (χ1) is 13.6. The van der Waals surface area contributed by atoms with Crippen LogP contribution in [-0.2, 0) is 16.4 Å². The molecule has 0 spiro atoms. The molecule has 1 atom stereocenters. The van der Waals surface area contributed by atoms with E-state index in [1.807, 2.05) is 60.8 Å². The quantitative estimate of drug-likeness (QED) is 0.446. The van der Waals surface area contributed by atoms with E-state index in [-0.39, 0.29) is 10.9 Å². The van der Waals surface area contributed by atoms with Gasteiger partial charge in [0.15, 0.2) is 0 Å². The Morgan fingerprint density at radius 2 is 1.75 bits per heavy atom. The second-order valence-corrected chi connectivity index (χ2v) is 8.63. The number of H-pyrrole nitrogens is 1. The number of nitrogens with one attached hydrogen (secondary N) is 2. The van der Waals surface area contributed by atoms with Crippen LogP contribution in [0, 0.1) is 0 Å². The van der Waals surface area contributed by atoms with Crippen LogP contribution in [0.15, 0.2) is 90.5 Å². The van der Waals surface area contributed by atoms with Crippen LogP contribution in [-0.4, -0.2) is 19.4 Å². The maximum Gasteiger partial charge on any atom is 0.240 e. The average Bonchev–Trinajstić information content (AvgIpc) is 3.10. The smallest absolute Gasteiger partial charge is 0.240 e. The number of para-hydroxylation sites is 1. The van der Waals surface area contributed by atoms with Crippen molar-refractivity contribution >= 4 is 31.7 Å². The first-order valence-electron chi connectivity index (χ1n) is 9.24. The van der Waals surface area contributed by atoms with Gasteiger partial charge in [0.1, 0.15) is 0 Å². The molecule has 28 heavy (non-hydrogen) atoms. The summed E-state index contributed by atoms with van der Waals surface area (Å²) in [5.74, 6) is 0. The van der Waals surface area contributed by atoms with Gasteiger partial charge in [-0.25, -0.2) is 13.1 Å². The summed E-state index contributed by atoms with van der Waals surface area (Å²) in [6.07, 6.45) is 4.84. The fourth-order valence-corrected chi connectivity index (χ4v) is 4.85. The highest BCUT2D eigenvalue weighted by atomic mass is 32.2. The zero-order chi connectivity index (χ0) is 19.6. The molecule has 0 unspecified atom stereocenters. The first-order valence-corrected chi connectivity index (χ1v) is 10.7. The Morgan fingerprint density at radius 1 is 1.00 bits per heavy atom. The van der Waals surface area contributed by atoms with Gasteiger partial charge in [-0.2, -0.15) is 0 Å². The van der Waals surface area contributed by atoms with Crippen LogP contribution >= 0.6 is 0 Å². The normalized spacial score (nSPS) is 13.0. The van der Waals surface area contributed by atoms with E-state index in [2.05, 4.69) is 16.3 Å². The maximum atomic E-state index is 13.0. The number of fused-ring (bicyclic) bond motifs is 2. The predicted molar refractivity (Wildman–Crippen MR) is 115 cm³/mol. The van der Waals surface area contributed by atoms with Crippen LogP contribution in [0.3, 0.4) is 0 Å². The van der Waals surface area contributed by atoms with Crippen molar-refractivity contribution in [2.75, 3.05) is 0 Å². The number of sulfonamides is 1. The average molecular weight is 391 g/mol. The molecule has 1 heterocycles. The van der Waals surface area contributed by atoms with E-state index in [1.54, 1.807) is 18.2 Å².